The van der Waals surface area contributed by atoms with E-state index in [2.05, 4.69) is 25.8 Å². The van der Waals surface area contributed by atoms with Crippen LogP contribution in [-0.4, -0.2) is 44.0 Å². The Morgan fingerprint density at radius 2 is 1.90 bits per heavy atom. The van der Waals surface area contributed by atoms with E-state index in [1.807, 2.05) is 30.3 Å². The number of hydrogen-bond acceptors (Lipinski definition) is 3. The van der Waals surface area contributed by atoms with Crippen LogP contribution in [0.3, 0.4) is 0 Å². The van der Waals surface area contributed by atoms with Crippen LogP contribution in [0.15, 0.2) is 30.3 Å². The lowest BCUT2D eigenvalue weighted by Crippen LogP contribution is -2.40. The van der Waals surface area contributed by atoms with Crippen LogP contribution in [0.2, 0.25) is 0 Å². The van der Waals surface area contributed by atoms with Crippen LogP contribution in [0.25, 0.3) is 0 Å². The molecule has 0 fully saturated rings. The topological polar surface area (TPSA) is 29.5 Å². The minimum absolute atomic E-state index is 0.229. The lowest BCUT2D eigenvalue weighted by atomic mass is 10.0. The van der Waals surface area contributed by atoms with Crippen molar-refractivity contribution < 1.29 is 9.53 Å². The molecule has 0 bridgehead atoms. The summed E-state index contributed by atoms with van der Waals surface area (Å²) in [6.45, 7) is 6.07. The van der Waals surface area contributed by atoms with Gasteiger partial charge in [0.2, 0.25) is 0 Å². The molecule has 0 amide bonds. The van der Waals surface area contributed by atoms with Gasteiger partial charge in [0.25, 0.3) is 0 Å². The molecule has 0 aliphatic heterocycles. The van der Waals surface area contributed by atoms with E-state index in [9.17, 15) is 4.79 Å². The number of Topliss-reactive ketones (excluding diaryl/α,β-unsaturated/α-hetero) is 1. The average molecular weight is 277 g/mol. The third-order valence-corrected chi connectivity index (χ3v) is 3.68. The Morgan fingerprint density at radius 3 is 2.45 bits per heavy atom. The largest absolute Gasteiger partial charge is 0.383 e. The van der Waals surface area contributed by atoms with Crippen molar-refractivity contribution in [3.63, 3.8) is 0 Å². The Balaban J connectivity index is 2.37. The van der Waals surface area contributed by atoms with Crippen molar-refractivity contribution in [2.45, 2.75) is 32.7 Å². The van der Waals surface area contributed by atoms with E-state index in [1.54, 1.807) is 7.11 Å². The first-order chi connectivity index (χ1) is 9.56. The van der Waals surface area contributed by atoms with Gasteiger partial charge in [0.1, 0.15) is 0 Å². The lowest BCUT2D eigenvalue weighted by molar-refractivity contribution is 0.0779. The minimum Gasteiger partial charge on any atom is -0.383 e. The number of likely N-dealkylation sites (N-methyl/N-ethyl adjacent to an activating group) is 1. The molecule has 0 radical (unpaired) electrons. The number of hydrogen-bond donors (Lipinski definition) is 0. The van der Waals surface area contributed by atoms with E-state index in [0.29, 0.717) is 18.4 Å². The summed E-state index contributed by atoms with van der Waals surface area (Å²) in [6, 6.07) is 9.93. The fraction of sp³-hybridized carbons (Fsp3) is 0.588. The summed E-state index contributed by atoms with van der Waals surface area (Å²) in [4.78, 5) is 14.3. The summed E-state index contributed by atoms with van der Waals surface area (Å²) in [6.07, 6.45) is 1.49. The molecule has 3 heteroatoms. The van der Waals surface area contributed by atoms with Crippen molar-refractivity contribution in [1.29, 1.82) is 0 Å². The fourth-order valence-corrected chi connectivity index (χ4v) is 2.42. The molecule has 0 aliphatic carbocycles. The van der Waals surface area contributed by atoms with Gasteiger partial charge in [-0.2, -0.15) is 0 Å². The molecule has 20 heavy (non-hydrogen) atoms. The highest BCUT2D eigenvalue weighted by Crippen LogP contribution is 2.11. The van der Waals surface area contributed by atoms with E-state index in [4.69, 9.17) is 4.74 Å². The van der Waals surface area contributed by atoms with Crippen molar-refractivity contribution in [2.24, 2.45) is 5.92 Å². The first-order valence-electron chi connectivity index (χ1n) is 7.33. The highest BCUT2D eigenvalue weighted by molar-refractivity contribution is 5.95. The molecular formula is C17H27NO2. The SMILES string of the molecule is COC[C@H](C(C)C)N(C)CCCC(=O)c1ccccc1. The molecular weight excluding hydrogens is 250 g/mol. The summed E-state index contributed by atoms with van der Waals surface area (Å²) in [5.41, 5.74) is 0.812. The number of ether oxygens (including phenoxy) is 1. The van der Waals surface area contributed by atoms with Gasteiger partial charge in [0.15, 0.2) is 5.78 Å². The molecule has 3 nitrogen and oxygen atoms in total. The van der Waals surface area contributed by atoms with E-state index >= 15 is 0 Å². The van der Waals surface area contributed by atoms with Crippen LogP contribution in [0.5, 0.6) is 0 Å². The maximum Gasteiger partial charge on any atom is 0.162 e. The average Bonchev–Trinajstić information content (AvgIpc) is 2.45. The quantitative estimate of drug-likeness (QED) is 0.649. The third kappa shape index (κ3) is 5.43. The number of benzene rings is 1. The van der Waals surface area contributed by atoms with E-state index in [0.717, 1.165) is 25.1 Å². The van der Waals surface area contributed by atoms with Crippen molar-refractivity contribution in [3.8, 4) is 0 Å². The number of carbonyl (C=O) groups excluding carboxylic acids is 1. The zero-order valence-corrected chi connectivity index (χ0v) is 13.1. The van der Waals surface area contributed by atoms with Gasteiger partial charge in [0, 0.05) is 25.1 Å². The summed E-state index contributed by atoms with van der Waals surface area (Å²) in [5, 5.41) is 0. The molecule has 1 aromatic rings. The second-order valence-corrected chi connectivity index (χ2v) is 5.64. The Labute approximate surface area is 122 Å². The Hall–Kier alpha value is -1.19. The lowest BCUT2D eigenvalue weighted by Gasteiger charge is -2.30. The predicted octanol–water partition coefficient (Wildman–Crippen LogP) is 3.25. The monoisotopic (exact) mass is 277 g/mol. The summed E-state index contributed by atoms with van der Waals surface area (Å²) >= 11 is 0. The van der Waals surface area contributed by atoms with Crippen molar-refractivity contribution in [2.75, 3.05) is 27.3 Å². The second-order valence-electron chi connectivity index (χ2n) is 5.64. The highest BCUT2D eigenvalue weighted by atomic mass is 16.5. The van der Waals surface area contributed by atoms with Gasteiger partial charge in [0.05, 0.1) is 6.61 Å². The first-order valence-corrected chi connectivity index (χ1v) is 7.33. The van der Waals surface area contributed by atoms with Gasteiger partial charge < -0.3 is 9.64 Å². The Morgan fingerprint density at radius 1 is 1.25 bits per heavy atom. The van der Waals surface area contributed by atoms with E-state index < -0.39 is 0 Å². The highest BCUT2D eigenvalue weighted by Gasteiger charge is 2.18. The molecule has 0 aromatic heterocycles. The molecule has 0 N–H and O–H groups in total. The minimum atomic E-state index is 0.229. The first kappa shape index (κ1) is 16.9. The van der Waals surface area contributed by atoms with Gasteiger partial charge in [-0.25, -0.2) is 0 Å². The fourth-order valence-electron chi connectivity index (χ4n) is 2.42. The second kappa shape index (κ2) is 8.88. The van der Waals surface area contributed by atoms with Crippen LogP contribution in [0.4, 0.5) is 0 Å². The Bertz CT molecular complexity index is 389. The molecule has 0 unspecified atom stereocenters. The molecule has 0 heterocycles. The maximum atomic E-state index is 12.0. The normalized spacial score (nSPS) is 12.9. The Kier molecular flexibility index (Phi) is 7.48. The van der Waals surface area contributed by atoms with Crippen LogP contribution in [-0.2, 0) is 4.74 Å². The predicted molar refractivity (Wildman–Crippen MR) is 83.1 cm³/mol. The van der Waals surface area contributed by atoms with Crippen LogP contribution in [0, 0.1) is 5.92 Å². The smallest absolute Gasteiger partial charge is 0.162 e. The van der Waals surface area contributed by atoms with Gasteiger partial charge in [-0.3, -0.25) is 4.79 Å². The molecule has 0 aliphatic rings. The number of methoxy groups -OCH3 is 1. The van der Waals surface area contributed by atoms with Gasteiger partial charge >= 0.3 is 0 Å². The summed E-state index contributed by atoms with van der Waals surface area (Å²) in [5.74, 6) is 0.775. The zero-order chi connectivity index (χ0) is 15.0. The van der Waals surface area contributed by atoms with Crippen molar-refractivity contribution in [1.82, 2.24) is 4.90 Å². The maximum absolute atomic E-state index is 12.0. The van der Waals surface area contributed by atoms with Gasteiger partial charge in [-0.1, -0.05) is 44.2 Å². The molecule has 0 saturated heterocycles. The van der Waals surface area contributed by atoms with E-state index in [-0.39, 0.29) is 5.78 Å². The number of rotatable bonds is 9. The zero-order valence-electron chi connectivity index (χ0n) is 13.1. The van der Waals surface area contributed by atoms with Crippen LogP contribution in [0.1, 0.15) is 37.0 Å². The van der Waals surface area contributed by atoms with Gasteiger partial charge in [-0.15, -0.1) is 0 Å². The van der Waals surface area contributed by atoms with Crippen LogP contribution >= 0.6 is 0 Å². The number of carbonyl (C=O) groups is 1. The molecule has 0 saturated carbocycles. The van der Waals surface area contributed by atoms with Crippen LogP contribution < -0.4 is 0 Å². The molecule has 1 atom stereocenters. The van der Waals surface area contributed by atoms with Crippen molar-refractivity contribution >= 4 is 5.78 Å². The number of nitrogens with zero attached hydrogens (tertiary/aromatic N) is 1. The molecule has 1 rings (SSSR count). The molecule has 1 aromatic carbocycles. The molecule has 0 spiro atoms. The van der Waals surface area contributed by atoms with Gasteiger partial charge in [-0.05, 0) is 25.9 Å². The summed E-state index contributed by atoms with van der Waals surface area (Å²) in [7, 11) is 3.85. The molecule has 112 valence electrons. The third-order valence-electron chi connectivity index (χ3n) is 3.68. The summed E-state index contributed by atoms with van der Waals surface area (Å²) < 4.78 is 5.27. The van der Waals surface area contributed by atoms with Crippen molar-refractivity contribution in [3.05, 3.63) is 35.9 Å². The van der Waals surface area contributed by atoms with E-state index in [1.165, 1.54) is 0 Å². The number of ketones is 1. The standard InChI is InChI=1S/C17H27NO2/c1-14(2)16(13-20-4)18(3)12-8-11-17(19)15-9-6-5-7-10-15/h5-7,9-10,14,16H,8,11-13H2,1-4H3/t16-/m1/s1.